The maximum absolute atomic E-state index is 11.9. The van der Waals surface area contributed by atoms with E-state index in [2.05, 4.69) is 5.32 Å². The van der Waals surface area contributed by atoms with E-state index in [4.69, 9.17) is 32.7 Å². The molecule has 2 aromatic rings. The number of hydrogen-bond donors (Lipinski definition) is 1. The minimum absolute atomic E-state index is 0.295. The van der Waals surface area contributed by atoms with E-state index in [-0.39, 0.29) is 0 Å². The Morgan fingerprint density at radius 1 is 1.12 bits per heavy atom. The van der Waals surface area contributed by atoms with Crippen molar-refractivity contribution >= 4 is 46.8 Å². The van der Waals surface area contributed by atoms with E-state index in [1.807, 2.05) is 0 Å². The van der Waals surface area contributed by atoms with Gasteiger partial charge in [-0.15, -0.1) is 0 Å². The van der Waals surface area contributed by atoms with Crippen LogP contribution in [0.5, 0.6) is 5.75 Å². The van der Waals surface area contributed by atoms with Gasteiger partial charge in [-0.2, -0.15) is 0 Å². The molecule has 0 aromatic heterocycles. The van der Waals surface area contributed by atoms with Crippen LogP contribution >= 0.6 is 23.2 Å². The molecule has 0 aliphatic carbocycles. The molecule has 0 radical (unpaired) electrons. The topological polar surface area (TPSA) is 64.6 Å². The molecule has 2 rings (SSSR count). The van der Waals surface area contributed by atoms with Crippen molar-refractivity contribution in [2.24, 2.45) is 0 Å². The standard InChI is InChI=1S/C19H17Cl2NO4/c1-12-3-9-15(20)19(18(12)21)22-16(23)11-26-17(24)10-6-13-4-7-14(25-2)8-5-13/h3-10H,11H2,1-2H3,(H,22,23)/b10-6+. The number of aryl methyl sites for hydroxylation is 1. The number of hydrogen-bond acceptors (Lipinski definition) is 4. The number of esters is 1. The summed E-state index contributed by atoms with van der Waals surface area (Å²) in [5, 5.41) is 3.19. The van der Waals surface area contributed by atoms with Crippen LogP contribution in [0, 0.1) is 6.92 Å². The zero-order valence-corrected chi connectivity index (χ0v) is 15.7. The van der Waals surface area contributed by atoms with Gasteiger partial charge >= 0.3 is 5.97 Å². The lowest BCUT2D eigenvalue weighted by molar-refractivity contribution is -0.142. The number of anilines is 1. The highest BCUT2D eigenvalue weighted by Gasteiger charge is 2.12. The van der Waals surface area contributed by atoms with Gasteiger partial charge in [-0.05, 0) is 42.3 Å². The third kappa shape index (κ3) is 5.51. The molecular weight excluding hydrogens is 377 g/mol. The number of nitrogens with one attached hydrogen (secondary N) is 1. The summed E-state index contributed by atoms with van der Waals surface area (Å²) < 4.78 is 9.96. The van der Waals surface area contributed by atoms with Crippen molar-refractivity contribution in [1.29, 1.82) is 0 Å². The third-order valence-corrected chi connectivity index (χ3v) is 4.22. The van der Waals surface area contributed by atoms with Gasteiger partial charge in [0.2, 0.25) is 0 Å². The number of halogens is 2. The number of benzene rings is 2. The first-order valence-electron chi connectivity index (χ1n) is 7.64. The van der Waals surface area contributed by atoms with E-state index in [0.29, 0.717) is 15.7 Å². The van der Waals surface area contributed by atoms with Gasteiger partial charge in [-0.1, -0.05) is 41.4 Å². The van der Waals surface area contributed by atoms with Crippen LogP contribution in [0.2, 0.25) is 10.0 Å². The minimum atomic E-state index is -0.641. The van der Waals surface area contributed by atoms with Crippen molar-refractivity contribution in [1.82, 2.24) is 0 Å². The fraction of sp³-hybridized carbons (Fsp3) is 0.158. The molecule has 0 atom stereocenters. The van der Waals surface area contributed by atoms with E-state index < -0.39 is 18.5 Å². The summed E-state index contributed by atoms with van der Waals surface area (Å²) in [7, 11) is 1.57. The van der Waals surface area contributed by atoms with E-state index in [9.17, 15) is 9.59 Å². The van der Waals surface area contributed by atoms with Gasteiger partial charge in [0.25, 0.3) is 5.91 Å². The Balaban J connectivity index is 1.87. The first kappa shape index (κ1) is 19.8. The van der Waals surface area contributed by atoms with Crippen molar-refractivity contribution in [3.05, 3.63) is 63.6 Å². The zero-order valence-electron chi connectivity index (χ0n) is 14.2. The van der Waals surface area contributed by atoms with Gasteiger partial charge in [0.05, 0.1) is 22.8 Å². The maximum atomic E-state index is 11.9. The van der Waals surface area contributed by atoms with Crippen LogP contribution in [0.25, 0.3) is 6.08 Å². The van der Waals surface area contributed by atoms with Crippen molar-refractivity contribution in [3.63, 3.8) is 0 Å². The Morgan fingerprint density at radius 2 is 1.81 bits per heavy atom. The van der Waals surface area contributed by atoms with Crippen LogP contribution in [-0.2, 0) is 14.3 Å². The molecule has 1 amide bonds. The van der Waals surface area contributed by atoms with Crippen LogP contribution in [0.15, 0.2) is 42.5 Å². The molecule has 0 aliphatic heterocycles. The van der Waals surface area contributed by atoms with Crippen LogP contribution in [0.3, 0.4) is 0 Å². The van der Waals surface area contributed by atoms with Gasteiger partial charge in [0.15, 0.2) is 6.61 Å². The second kappa shape index (κ2) is 9.27. The van der Waals surface area contributed by atoms with Gasteiger partial charge in [0, 0.05) is 6.08 Å². The molecule has 0 fully saturated rings. The molecule has 0 saturated heterocycles. The average molecular weight is 394 g/mol. The van der Waals surface area contributed by atoms with E-state index in [1.165, 1.54) is 6.08 Å². The van der Waals surface area contributed by atoms with Crippen molar-refractivity contribution in [2.75, 3.05) is 19.0 Å². The number of ether oxygens (including phenoxy) is 2. The Bertz CT molecular complexity index is 832. The average Bonchev–Trinajstić information content (AvgIpc) is 2.65. The third-order valence-electron chi connectivity index (χ3n) is 3.42. The molecule has 0 heterocycles. The van der Waals surface area contributed by atoms with E-state index in [1.54, 1.807) is 56.5 Å². The number of carbonyl (C=O) groups is 2. The summed E-state index contributed by atoms with van der Waals surface area (Å²) in [4.78, 5) is 23.7. The highest BCUT2D eigenvalue weighted by molar-refractivity contribution is 6.40. The van der Waals surface area contributed by atoms with E-state index >= 15 is 0 Å². The molecule has 0 saturated carbocycles. The SMILES string of the molecule is COc1ccc(/C=C/C(=O)OCC(=O)Nc2c(Cl)ccc(C)c2Cl)cc1. The smallest absolute Gasteiger partial charge is 0.331 e. The molecule has 0 bridgehead atoms. The predicted molar refractivity (Wildman–Crippen MR) is 103 cm³/mol. The van der Waals surface area contributed by atoms with Crippen LogP contribution < -0.4 is 10.1 Å². The molecule has 136 valence electrons. The highest BCUT2D eigenvalue weighted by Crippen LogP contribution is 2.32. The summed E-state index contributed by atoms with van der Waals surface area (Å²) in [5.74, 6) is -0.460. The minimum Gasteiger partial charge on any atom is -0.497 e. The molecule has 26 heavy (non-hydrogen) atoms. The monoisotopic (exact) mass is 393 g/mol. The molecule has 5 nitrogen and oxygen atoms in total. The summed E-state index contributed by atoms with van der Waals surface area (Å²) in [6.07, 6.45) is 2.82. The molecule has 2 aromatic carbocycles. The second-order valence-corrected chi connectivity index (χ2v) is 6.10. The molecule has 1 N–H and O–H groups in total. The molecule has 0 spiro atoms. The van der Waals surface area contributed by atoms with Crippen LogP contribution in [0.4, 0.5) is 5.69 Å². The van der Waals surface area contributed by atoms with Crippen molar-refractivity contribution in [2.45, 2.75) is 6.92 Å². The predicted octanol–water partition coefficient (Wildman–Crippen LogP) is 4.51. The Hall–Kier alpha value is -2.50. The summed E-state index contributed by atoms with van der Waals surface area (Å²) >= 11 is 12.1. The van der Waals surface area contributed by atoms with Crippen LogP contribution in [-0.4, -0.2) is 25.6 Å². The normalized spacial score (nSPS) is 10.6. The summed E-state index contributed by atoms with van der Waals surface area (Å²) in [6.45, 7) is 1.34. The number of amides is 1. The molecular formula is C19H17Cl2NO4. The summed E-state index contributed by atoms with van der Waals surface area (Å²) in [5.41, 5.74) is 1.86. The molecule has 0 aliphatic rings. The lowest BCUT2D eigenvalue weighted by atomic mass is 10.2. The number of carbonyl (C=O) groups excluding carboxylic acids is 2. The van der Waals surface area contributed by atoms with Crippen molar-refractivity contribution in [3.8, 4) is 5.75 Å². The first-order chi connectivity index (χ1) is 12.4. The first-order valence-corrected chi connectivity index (χ1v) is 8.39. The van der Waals surface area contributed by atoms with Gasteiger partial charge in [-0.25, -0.2) is 4.79 Å². The second-order valence-electron chi connectivity index (χ2n) is 5.32. The Labute approximate surface area is 161 Å². The maximum Gasteiger partial charge on any atom is 0.331 e. The fourth-order valence-corrected chi connectivity index (χ4v) is 2.48. The molecule has 0 unspecified atom stereocenters. The quantitative estimate of drug-likeness (QED) is 0.579. The van der Waals surface area contributed by atoms with E-state index in [0.717, 1.165) is 16.9 Å². The fourth-order valence-electron chi connectivity index (χ4n) is 2.01. The Kier molecular flexibility index (Phi) is 7.06. The largest absolute Gasteiger partial charge is 0.497 e. The van der Waals surface area contributed by atoms with Gasteiger partial charge in [0.1, 0.15) is 5.75 Å². The lowest BCUT2D eigenvalue weighted by Crippen LogP contribution is -2.20. The van der Waals surface area contributed by atoms with Gasteiger partial charge in [-0.3, -0.25) is 4.79 Å². The lowest BCUT2D eigenvalue weighted by Gasteiger charge is -2.11. The zero-order chi connectivity index (χ0) is 19.1. The van der Waals surface area contributed by atoms with Crippen molar-refractivity contribution < 1.29 is 19.1 Å². The Morgan fingerprint density at radius 3 is 2.46 bits per heavy atom. The summed E-state index contributed by atoms with van der Waals surface area (Å²) in [6, 6.07) is 10.5. The molecule has 7 heteroatoms. The van der Waals surface area contributed by atoms with Crippen LogP contribution in [0.1, 0.15) is 11.1 Å². The number of rotatable bonds is 6. The number of methoxy groups -OCH3 is 1. The van der Waals surface area contributed by atoms with Gasteiger partial charge < -0.3 is 14.8 Å². The highest BCUT2D eigenvalue weighted by atomic mass is 35.5.